The summed E-state index contributed by atoms with van der Waals surface area (Å²) in [5.41, 5.74) is 8.67. The van der Waals surface area contributed by atoms with E-state index < -0.39 is 0 Å². The van der Waals surface area contributed by atoms with E-state index in [0.717, 1.165) is 5.56 Å². The summed E-state index contributed by atoms with van der Waals surface area (Å²) in [5.74, 6) is 0.124. The van der Waals surface area contributed by atoms with Crippen LogP contribution in [-0.4, -0.2) is 9.97 Å². The molecule has 0 saturated heterocycles. The van der Waals surface area contributed by atoms with Crippen LogP contribution in [0.5, 0.6) is 0 Å². The number of rotatable bonds is 2. The van der Waals surface area contributed by atoms with Crippen molar-refractivity contribution < 1.29 is 4.42 Å². The van der Waals surface area contributed by atoms with Gasteiger partial charge in [0, 0.05) is 11.1 Å². The molecular formula is C15H10N4O. The lowest BCUT2D eigenvalue weighted by molar-refractivity contribution is 0.568. The third-order valence-electron chi connectivity index (χ3n) is 2.88. The zero-order chi connectivity index (χ0) is 13.9. The molecule has 0 aliphatic rings. The maximum atomic E-state index is 9.45. The maximum Gasteiger partial charge on any atom is 0.221 e. The van der Waals surface area contributed by atoms with Crippen molar-refractivity contribution in [3.63, 3.8) is 0 Å². The minimum atomic E-state index is 0.124. The fourth-order valence-corrected chi connectivity index (χ4v) is 2.00. The monoisotopic (exact) mass is 262 g/mol. The number of anilines is 1. The molecular weight excluding hydrogens is 252 g/mol. The van der Waals surface area contributed by atoms with E-state index in [-0.39, 0.29) is 5.95 Å². The van der Waals surface area contributed by atoms with Crippen LogP contribution < -0.4 is 5.73 Å². The molecule has 2 aromatic heterocycles. The molecule has 5 nitrogen and oxygen atoms in total. The van der Waals surface area contributed by atoms with Gasteiger partial charge in [0.1, 0.15) is 11.6 Å². The normalized spacial score (nSPS) is 10.2. The highest BCUT2D eigenvalue weighted by Gasteiger charge is 2.16. The van der Waals surface area contributed by atoms with Crippen molar-refractivity contribution in [3.05, 3.63) is 54.5 Å². The molecule has 3 aromatic rings. The molecule has 0 amide bonds. The summed E-state index contributed by atoms with van der Waals surface area (Å²) in [4.78, 5) is 8.36. The number of hydrogen-bond acceptors (Lipinski definition) is 5. The van der Waals surface area contributed by atoms with E-state index in [1.165, 1.54) is 12.5 Å². The lowest BCUT2D eigenvalue weighted by Gasteiger charge is -2.08. The predicted molar refractivity (Wildman–Crippen MR) is 74.3 cm³/mol. The van der Waals surface area contributed by atoms with Crippen LogP contribution in [0.25, 0.3) is 22.5 Å². The van der Waals surface area contributed by atoms with Crippen molar-refractivity contribution in [1.29, 1.82) is 5.26 Å². The van der Waals surface area contributed by atoms with E-state index in [9.17, 15) is 5.26 Å². The fourth-order valence-electron chi connectivity index (χ4n) is 2.00. The number of furan rings is 1. The van der Waals surface area contributed by atoms with Gasteiger partial charge in [-0.2, -0.15) is 5.26 Å². The molecule has 0 aliphatic heterocycles. The smallest absolute Gasteiger partial charge is 0.221 e. The number of benzene rings is 1. The number of nitrogen functional groups attached to an aromatic ring is 1. The molecule has 2 heterocycles. The number of nitrogens with two attached hydrogens (primary N) is 1. The molecule has 3 rings (SSSR count). The summed E-state index contributed by atoms with van der Waals surface area (Å²) in [7, 11) is 0. The predicted octanol–water partition coefficient (Wildman–Crippen LogP) is 2.86. The van der Waals surface area contributed by atoms with Crippen LogP contribution in [0.1, 0.15) is 5.56 Å². The van der Waals surface area contributed by atoms with E-state index in [2.05, 4.69) is 16.0 Å². The van der Waals surface area contributed by atoms with E-state index in [1.54, 1.807) is 6.07 Å². The van der Waals surface area contributed by atoms with Crippen molar-refractivity contribution in [2.24, 2.45) is 0 Å². The van der Waals surface area contributed by atoms with Gasteiger partial charge in [-0.25, -0.2) is 9.97 Å². The quantitative estimate of drug-likeness (QED) is 0.767. The van der Waals surface area contributed by atoms with Crippen molar-refractivity contribution in [2.75, 3.05) is 5.73 Å². The molecule has 0 bridgehead atoms. The average Bonchev–Trinajstić information content (AvgIpc) is 3.01. The molecule has 0 aliphatic carbocycles. The Hall–Kier alpha value is -3.13. The van der Waals surface area contributed by atoms with Crippen LogP contribution in [0, 0.1) is 11.3 Å². The molecule has 0 fully saturated rings. The fraction of sp³-hybridized carbons (Fsp3) is 0. The summed E-state index contributed by atoms with van der Waals surface area (Å²) < 4.78 is 5.04. The first kappa shape index (κ1) is 11.9. The molecule has 20 heavy (non-hydrogen) atoms. The molecule has 2 N–H and O–H groups in total. The number of nitriles is 1. The van der Waals surface area contributed by atoms with E-state index in [0.29, 0.717) is 22.5 Å². The van der Waals surface area contributed by atoms with Crippen LogP contribution >= 0.6 is 0 Å². The Balaban J connectivity index is 2.29. The van der Waals surface area contributed by atoms with Gasteiger partial charge < -0.3 is 10.2 Å². The Bertz CT molecular complexity index is 774. The van der Waals surface area contributed by atoms with Gasteiger partial charge in [-0.1, -0.05) is 30.3 Å². The van der Waals surface area contributed by atoms with Crippen molar-refractivity contribution >= 4 is 5.95 Å². The van der Waals surface area contributed by atoms with Crippen LogP contribution in [0.15, 0.2) is 53.3 Å². The third-order valence-corrected chi connectivity index (χ3v) is 2.88. The van der Waals surface area contributed by atoms with Gasteiger partial charge in [0.15, 0.2) is 0 Å². The second-order valence-electron chi connectivity index (χ2n) is 4.14. The highest BCUT2D eigenvalue weighted by molar-refractivity contribution is 5.77. The molecule has 0 radical (unpaired) electrons. The lowest BCUT2D eigenvalue weighted by atomic mass is 10.0. The third kappa shape index (κ3) is 1.99. The lowest BCUT2D eigenvalue weighted by Crippen LogP contribution is -2.02. The number of hydrogen-bond donors (Lipinski definition) is 1. The maximum absolute atomic E-state index is 9.45. The Morgan fingerprint density at radius 1 is 1.00 bits per heavy atom. The standard InChI is InChI=1S/C15H10N4O/c16-8-12-13(10-4-2-1-3-5-10)18-15(17)19-14(12)11-6-7-20-9-11/h1-7,9H,(H2,17,18,19). The average molecular weight is 262 g/mol. The summed E-state index contributed by atoms with van der Waals surface area (Å²) in [6.45, 7) is 0. The van der Waals surface area contributed by atoms with Gasteiger partial charge in [0.2, 0.25) is 5.95 Å². The Morgan fingerprint density at radius 2 is 1.70 bits per heavy atom. The number of aromatic nitrogens is 2. The number of nitrogens with zero attached hydrogens (tertiary/aromatic N) is 3. The molecule has 0 atom stereocenters. The molecule has 5 heteroatoms. The minimum absolute atomic E-state index is 0.124. The zero-order valence-electron chi connectivity index (χ0n) is 10.4. The van der Waals surface area contributed by atoms with Crippen LogP contribution in [0.2, 0.25) is 0 Å². The molecule has 0 unspecified atom stereocenters. The zero-order valence-corrected chi connectivity index (χ0v) is 10.4. The van der Waals surface area contributed by atoms with Crippen LogP contribution in [0.4, 0.5) is 5.95 Å². The molecule has 0 spiro atoms. The Morgan fingerprint density at radius 3 is 2.30 bits per heavy atom. The minimum Gasteiger partial charge on any atom is -0.472 e. The molecule has 96 valence electrons. The van der Waals surface area contributed by atoms with Crippen molar-refractivity contribution in [3.8, 4) is 28.6 Å². The second kappa shape index (κ2) is 4.86. The van der Waals surface area contributed by atoms with E-state index >= 15 is 0 Å². The summed E-state index contributed by atoms with van der Waals surface area (Å²) in [5, 5.41) is 9.45. The SMILES string of the molecule is N#Cc1c(-c2ccccc2)nc(N)nc1-c1ccoc1. The van der Waals surface area contributed by atoms with E-state index in [1.807, 2.05) is 30.3 Å². The van der Waals surface area contributed by atoms with Crippen LogP contribution in [0.3, 0.4) is 0 Å². The molecule has 1 aromatic carbocycles. The summed E-state index contributed by atoms with van der Waals surface area (Å²) in [6, 6.07) is 13.3. The molecule has 0 saturated carbocycles. The Kier molecular flexibility index (Phi) is 2.90. The van der Waals surface area contributed by atoms with Crippen molar-refractivity contribution in [2.45, 2.75) is 0 Å². The largest absolute Gasteiger partial charge is 0.472 e. The highest BCUT2D eigenvalue weighted by Crippen LogP contribution is 2.29. The van der Waals surface area contributed by atoms with Gasteiger partial charge >= 0.3 is 0 Å². The first-order valence-corrected chi connectivity index (χ1v) is 5.95. The highest BCUT2D eigenvalue weighted by atomic mass is 16.3. The topological polar surface area (TPSA) is 88.7 Å². The van der Waals surface area contributed by atoms with Gasteiger partial charge in [-0.3, -0.25) is 0 Å². The van der Waals surface area contributed by atoms with Gasteiger partial charge in [0.25, 0.3) is 0 Å². The summed E-state index contributed by atoms with van der Waals surface area (Å²) in [6.07, 6.45) is 3.05. The Labute approximate surface area is 115 Å². The van der Waals surface area contributed by atoms with Gasteiger partial charge in [-0.05, 0) is 6.07 Å². The van der Waals surface area contributed by atoms with Gasteiger partial charge in [0.05, 0.1) is 23.9 Å². The van der Waals surface area contributed by atoms with Gasteiger partial charge in [-0.15, -0.1) is 0 Å². The van der Waals surface area contributed by atoms with Crippen molar-refractivity contribution in [1.82, 2.24) is 9.97 Å². The van der Waals surface area contributed by atoms with E-state index in [4.69, 9.17) is 10.2 Å². The first-order valence-electron chi connectivity index (χ1n) is 5.95. The summed E-state index contributed by atoms with van der Waals surface area (Å²) >= 11 is 0. The van der Waals surface area contributed by atoms with Crippen LogP contribution in [-0.2, 0) is 0 Å². The second-order valence-corrected chi connectivity index (χ2v) is 4.14. The first-order chi connectivity index (χ1) is 9.79.